The van der Waals surface area contributed by atoms with Gasteiger partial charge in [0.1, 0.15) is 22.1 Å². The molecule has 252 valence electrons. The molecular formula is C33H36FN7O6S. The van der Waals surface area contributed by atoms with Crippen molar-refractivity contribution >= 4 is 46.6 Å². The van der Waals surface area contributed by atoms with Crippen molar-refractivity contribution in [2.75, 3.05) is 29.9 Å². The van der Waals surface area contributed by atoms with Gasteiger partial charge in [0.15, 0.2) is 0 Å². The van der Waals surface area contributed by atoms with Crippen molar-refractivity contribution in [3.05, 3.63) is 82.9 Å². The van der Waals surface area contributed by atoms with E-state index in [1.807, 2.05) is 4.90 Å². The number of benzene rings is 2. The van der Waals surface area contributed by atoms with Crippen molar-refractivity contribution in [2.24, 2.45) is 0 Å². The van der Waals surface area contributed by atoms with E-state index in [1.54, 1.807) is 61.4 Å². The number of rotatable bonds is 10. The van der Waals surface area contributed by atoms with Crippen LogP contribution in [0.5, 0.6) is 0 Å². The minimum atomic E-state index is -1.19. The number of anilines is 2. The molecule has 0 bridgehead atoms. The van der Waals surface area contributed by atoms with Crippen LogP contribution in [0.25, 0.3) is 10.6 Å². The summed E-state index contributed by atoms with van der Waals surface area (Å²) >= 11 is 1.24. The molecule has 4 N–H and O–H groups in total. The van der Waals surface area contributed by atoms with E-state index in [0.717, 1.165) is 0 Å². The average molecular weight is 678 g/mol. The van der Waals surface area contributed by atoms with Gasteiger partial charge in [-0.1, -0.05) is 18.2 Å². The Morgan fingerprint density at radius 2 is 1.85 bits per heavy atom. The fourth-order valence-corrected chi connectivity index (χ4v) is 6.03. The Morgan fingerprint density at radius 3 is 2.60 bits per heavy atom. The van der Waals surface area contributed by atoms with Gasteiger partial charge in [-0.25, -0.2) is 19.0 Å². The van der Waals surface area contributed by atoms with Gasteiger partial charge in [0.05, 0.1) is 35.2 Å². The Morgan fingerprint density at radius 1 is 1.08 bits per heavy atom. The van der Waals surface area contributed by atoms with Gasteiger partial charge < -0.3 is 30.7 Å². The summed E-state index contributed by atoms with van der Waals surface area (Å²) in [5.74, 6) is -2.70. The minimum absolute atomic E-state index is 0.0698. The molecule has 1 atom stereocenters. The number of nitrogens with one attached hydrogen (secondary N) is 3. The maximum Gasteiger partial charge on any atom is 0.407 e. The number of hydrogen-bond acceptors (Lipinski definition) is 9. The Hall–Kier alpha value is -5.31. The standard InChI is InChI=1S/C33H36FN7O6S/c1-33(2,3)47-32(46)37-21-8-7-14-40(18-21)27-24(34)11-6-12-25(27)38-29(43)26-19-48-30(39-26)20-16-36-41(17-20)15-13-35-28(42)22-9-4-5-10-23(22)31(44)45/h4-6,9-12,16-17,19,21H,7-8,13-15,18H2,1-3H3,(H,35,42)(H,37,46)(H,38,43)(H,44,45)/t21-/m1/s1. The number of piperidine rings is 1. The summed E-state index contributed by atoms with van der Waals surface area (Å²) in [5, 5.41) is 24.1. The molecule has 15 heteroatoms. The van der Waals surface area contributed by atoms with Crippen LogP contribution >= 0.6 is 11.3 Å². The van der Waals surface area contributed by atoms with Gasteiger partial charge in [-0.2, -0.15) is 5.10 Å². The Labute approximate surface area is 280 Å². The lowest BCUT2D eigenvalue weighted by molar-refractivity contribution is 0.0499. The number of thiazole rings is 1. The van der Waals surface area contributed by atoms with Crippen LogP contribution in [0.1, 0.15) is 64.8 Å². The molecular weight excluding hydrogens is 641 g/mol. The molecule has 1 saturated heterocycles. The first kappa shape index (κ1) is 34.0. The number of alkyl carbamates (subject to hydrolysis) is 1. The van der Waals surface area contributed by atoms with E-state index < -0.39 is 35.3 Å². The Kier molecular flexibility index (Phi) is 10.4. The number of carboxylic acids is 1. The van der Waals surface area contributed by atoms with E-state index >= 15 is 4.39 Å². The number of hydrogen-bond donors (Lipinski definition) is 4. The monoisotopic (exact) mass is 677 g/mol. The first-order valence-corrected chi connectivity index (χ1v) is 16.2. The molecule has 0 spiro atoms. The molecule has 48 heavy (non-hydrogen) atoms. The number of carbonyl (C=O) groups is 4. The highest BCUT2D eigenvalue weighted by Crippen LogP contribution is 2.32. The number of amides is 3. The van der Waals surface area contributed by atoms with Crippen molar-refractivity contribution in [1.29, 1.82) is 0 Å². The third kappa shape index (κ3) is 8.53. The molecule has 0 unspecified atom stereocenters. The van der Waals surface area contributed by atoms with Crippen LogP contribution in [-0.2, 0) is 11.3 Å². The second kappa shape index (κ2) is 14.6. The smallest absolute Gasteiger partial charge is 0.407 e. The fourth-order valence-electron chi connectivity index (χ4n) is 5.25. The molecule has 1 aliphatic rings. The molecule has 2 aromatic carbocycles. The number of nitrogens with zero attached hydrogens (tertiary/aromatic N) is 4. The van der Waals surface area contributed by atoms with Crippen LogP contribution in [0.3, 0.4) is 0 Å². The average Bonchev–Trinajstić information content (AvgIpc) is 3.71. The second-order valence-corrected chi connectivity index (χ2v) is 13.0. The van der Waals surface area contributed by atoms with Crippen molar-refractivity contribution in [3.63, 3.8) is 0 Å². The third-order valence-electron chi connectivity index (χ3n) is 7.34. The molecule has 4 aromatic rings. The molecule has 0 saturated carbocycles. The van der Waals surface area contributed by atoms with E-state index in [2.05, 4.69) is 26.0 Å². The highest BCUT2D eigenvalue weighted by molar-refractivity contribution is 7.13. The van der Waals surface area contributed by atoms with Crippen molar-refractivity contribution in [3.8, 4) is 10.6 Å². The molecule has 0 aliphatic carbocycles. The molecule has 1 fully saturated rings. The van der Waals surface area contributed by atoms with Crippen LogP contribution in [0.2, 0.25) is 0 Å². The van der Waals surface area contributed by atoms with Gasteiger partial charge in [-0.05, 0) is 57.9 Å². The number of halogens is 1. The van der Waals surface area contributed by atoms with Gasteiger partial charge in [0.25, 0.3) is 11.8 Å². The zero-order valence-electron chi connectivity index (χ0n) is 26.7. The Balaban J connectivity index is 1.19. The first-order chi connectivity index (χ1) is 22.9. The first-order valence-electron chi connectivity index (χ1n) is 15.3. The number of aromatic carboxylic acids is 1. The summed E-state index contributed by atoms with van der Waals surface area (Å²) in [4.78, 5) is 55.8. The lowest BCUT2D eigenvalue weighted by Crippen LogP contribution is -2.49. The van der Waals surface area contributed by atoms with Crippen LogP contribution in [-0.4, -0.2) is 75.0 Å². The molecule has 3 heterocycles. The highest BCUT2D eigenvalue weighted by Gasteiger charge is 2.28. The van der Waals surface area contributed by atoms with E-state index in [9.17, 15) is 24.3 Å². The number of para-hydroxylation sites is 1. The zero-order valence-corrected chi connectivity index (χ0v) is 27.5. The molecule has 0 radical (unpaired) electrons. The predicted molar refractivity (Wildman–Crippen MR) is 178 cm³/mol. The quantitative estimate of drug-likeness (QED) is 0.180. The minimum Gasteiger partial charge on any atom is -0.478 e. The zero-order chi connectivity index (χ0) is 34.4. The van der Waals surface area contributed by atoms with Crippen molar-refractivity contribution in [1.82, 2.24) is 25.4 Å². The topological polar surface area (TPSA) is 168 Å². The summed E-state index contributed by atoms with van der Waals surface area (Å²) in [6.07, 6.45) is 4.19. The van der Waals surface area contributed by atoms with Crippen molar-refractivity contribution in [2.45, 2.75) is 51.8 Å². The van der Waals surface area contributed by atoms with Crippen LogP contribution < -0.4 is 20.9 Å². The van der Waals surface area contributed by atoms with E-state index in [0.29, 0.717) is 43.0 Å². The van der Waals surface area contributed by atoms with Crippen LogP contribution in [0.4, 0.5) is 20.6 Å². The molecule has 2 aromatic heterocycles. The molecule has 3 amide bonds. The summed E-state index contributed by atoms with van der Waals surface area (Å²) < 4.78 is 22.2. The largest absolute Gasteiger partial charge is 0.478 e. The third-order valence-corrected chi connectivity index (χ3v) is 8.23. The maximum atomic E-state index is 15.2. The van der Waals surface area contributed by atoms with E-state index in [4.69, 9.17) is 4.74 Å². The lowest BCUT2D eigenvalue weighted by atomic mass is 10.0. The van der Waals surface area contributed by atoms with Crippen molar-refractivity contribution < 1.29 is 33.4 Å². The molecule has 1 aliphatic heterocycles. The number of carbonyl (C=O) groups excluding carboxylic acids is 3. The van der Waals surface area contributed by atoms with E-state index in [1.165, 1.54) is 35.6 Å². The summed E-state index contributed by atoms with van der Waals surface area (Å²) in [5.41, 5.74) is 0.665. The predicted octanol–water partition coefficient (Wildman–Crippen LogP) is 5.02. The molecule has 13 nitrogen and oxygen atoms in total. The number of ether oxygens (including phenoxy) is 1. The van der Waals surface area contributed by atoms with E-state index in [-0.39, 0.29) is 40.8 Å². The maximum absolute atomic E-state index is 15.2. The number of carboxylic acid groups (broad SMARTS) is 1. The Bertz CT molecular complexity index is 1820. The summed E-state index contributed by atoms with van der Waals surface area (Å²) in [6, 6.07) is 10.2. The highest BCUT2D eigenvalue weighted by atomic mass is 32.1. The number of aromatic nitrogens is 3. The molecule has 5 rings (SSSR count). The lowest BCUT2D eigenvalue weighted by Gasteiger charge is -2.36. The normalized spacial score (nSPS) is 14.7. The fraction of sp³-hybridized carbons (Fsp3) is 0.333. The van der Waals surface area contributed by atoms with Crippen LogP contribution in [0, 0.1) is 5.82 Å². The van der Waals surface area contributed by atoms with Gasteiger partial charge in [0.2, 0.25) is 0 Å². The van der Waals surface area contributed by atoms with Crippen LogP contribution in [0.15, 0.2) is 60.2 Å². The summed E-state index contributed by atoms with van der Waals surface area (Å²) in [7, 11) is 0. The summed E-state index contributed by atoms with van der Waals surface area (Å²) in [6.45, 7) is 6.74. The van der Waals surface area contributed by atoms with Gasteiger partial charge in [-0.15, -0.1) is 11.3 Å². The van der Waals surface area contributed by atoms with Gasteiger partial charge >= 0.3 is 12.1 Å². The van der Waals surface area contributed by atoms with Gasteiger partial charge in [-0.3, -0.25) is 14.3 Å². The van der Waals surface area contributed by atoms with Gasteiger partial charge in [0, 0.05) is 42.8 Å². The second-order valence-electron chi connectivity index (χ2n) is 12.2. The SMILES string of the molecule is CC(C)(C)OC(=O)N[C@@H]1CCCN(c2c(F)cccc2NC(=O)c2csc(-c3cnn(CCNC(=O)c4ccccc4C(=O)O)c3)n2)C1.